The Balaban J connectivity index is 1.88. The van der Waals surface area contributed by atoms with E-state index in [1.54, 1.807) is 0 Å². The molecule has 2 rings (SSSR count). The van der Waals surface area contributed by atoms with Gasteiger partial charge in [-0.15, -0.1) is 0 Å². The Bertz CT molecular complexity index is 323. The van der Waals surface area contributed by atoms with Gasteiger partial charge >= 0.3 is 5.97 Å². The van der Waals surface area contributed by atoms with E-state index in [0.29, 0.717) is 18.4 Å². The molecule has 4 nitrogen and oxygen atoms in total. The molecule has 0 aromatic rings. The number of carboxylic acid groups (broad SMARTS) is 1. The van der Waals surface area contributed by atoms with Gasteiger partial charge in [-0.2, -0.15) is 0 Å². The number of hydrogen-bond acceptors (Lipinski definition) is 3. The second-order valence-electron chi connectivity index (χ2n) is 6.53. The van der Waals surface area contributed by atoms with Crippen LogP contribution in [-0.2, 0) is 4.79 Å². The first kappa shape index (κ1) is 14.9. The third kappa shape index (κ3) is 3.32. The first-order chi connectivity index (χ1) is 9.06. The van der Waals surface area contributed by atoms with Crippen LogP contribution in [0.2, 0.25) is 6.32 Å². The van der Waals surface area contributed by atoms with Crippen molar-refractivity contribution in [2.75, 3.05) is 6.54 Å². The highest BCUT2D eigenvalue weighted by Gasteiger charge is 2.49. The first-order valence-electron chi connectivity index (χ1n) is 7.82. The predicted molar refractivity (Wildman–Crippen MR) is 79.0 cm³/mol. The molecule has 0 aliphatic heterocycles. The fourth-order valence-electron chi connectivity index (χ4n) is 3.53. The van der Waals surface area contributed by atoms with E-state index in [2.05, 4.69) is 13.2 Å². The monoisotopic (exact) mass is 266 g/mol. The van der Waals surface area contributed by atoms with Gasteiger partial charge in [-0.1, -0.05) is 19.2 Å². The summed E-state index contributed by atoms with van der Waals surface area (Å²) < 4.78 is 0. The Morgan fingerprint density at radius 1 is 1.47 bits per heavy atom. The Kier molecular flexibility index (Phi) is 4.90. The number of nitrogens with one attached hydrogen (secondary N) is 1. The van der Waals surface area contributed by atoms with Crippen LogP contribution in [0.1, 0.15) is 44.9 Å². The van der Waals surface area contributed by atoms with Gasteiger partial charge in [0.2, 0.25) is 0 Å². The Morgan fingerprint density at radius 3 is 2.74 bits per heavy atom. The zero-order valence-electron chi connectivity index (χ0n) is 12.0. The van der Waals surface area contributed by atoms with Crippen LogP contribution in [0, 0.1) is 11.8 Å². The third-order valence-corrected chi connectivity index (χ3v) is 5.08. The number of carbonyl (C=O) groups is 1. The fourth-order valence-corrected chi connectivity index (χ4v) is 3.53. The molecular weight excluding hydrogens is 239 g/mol. The van der Waals surface area contributed by atoms with Crippen LogP contribution in [0.15, 0.2) is 0 Å². The van der Waals surface area contributed by atoms with Gasteiger partial charge in [0, 0.05) is 6.04 Å². The standard InChI is InChI=1S/C14H27BN2O2/c15-6-2-3-11-7-10(8-14(11,16)13(18)19)9-17-12-4-1-5-12/h10-12,17H,1-9,15-16H2,(H,18,19)/t10-,11-,14-/m0/s1. The van der Waals surface area contributed by atoms with Crippen LogP contribution in [0.4, 0.5) is 0 Å². The van der Waals surface area contributed by atoms with Gasteiger partial charge < -0.3 is 16.2 Å². The molecule has 2 aliphatic rings. The smallest absolute Gasteiger partial charge is 0.323 e. The van der Waals surface area contributed by atoms with Crippen LogP contribution < -0.4 is 11.1 Å². The summed E-state index contributed by atoms with van der Waals surface area (Å²) in [5.74, 6) is -0.221. The zero-order chi connectivity index (χ0) is 13.9. The predicted octanol–water partition coefficient (Wildman–Crippen LogP) is 0.768. The SMILES string of the molecule is BCCC[C@H]1C[C@H](CNC2CCC2)C[C@@]1(N)C(=O)O. The van der Waals surface area contributed by atoms with E-state index in [-0.39, 0.29) is 5.92 Å². The molecule has 0 aromatic carbocycles. The topological polar surface area (TPSA) is 75.3 Å². The molecule has 0 amide bonds. The number of nitrogens with two attached hydrogens (primary N) is 1. The van der Waals surface area contributed by atoms with Crippen LogP contribution in [0.5, 0.6) is 0 Å². The second-order valence-corrected chi connectivity index (χ2v) is 6.53. The molecule has 0 bridgehead atoms. The quantitative estimate of drug-likeness (QED) is 0.595. The number of rotatable bonds is 7. The van der Waals surface area contributed by atoms with E-state index in [4.69, 9.17) is 5.73 Å². The minimum absolute atomic E-state index is 0.151. The summed E-state index contributed by atoms with van der Waals surface area (Å²) in [5.41, 5.74) is 5.22. The molecule has 0 aromatic heterocycles. The van der Waals surface area contributed by atoms with Gasteiger partial charge in [-0.25, -0.2) is 0 Å². The van der Waals surface area contributed by atoms with E-state index in [1.165, 1.54) is 19.3 Å². The lowest BCUT2D eigenvalue weighted by atomic mass is 9.83. The molecule has 19 heavy (non-hydrogen) atoms. The molecule has 0 saturated heterocycles. The minimum atomic E-state index is -0.985. The van der Waals surface area contributed by atoms with Crippen molar-refractivity contribution in [1.29, 1.82) is 0 Å². The summed E-state index contributed by atoms with van der Waals surface area (Å²) in [5, 5.41) is 13.0. The molecule has 3 atom stereocenters. The fraction of sp³-hybridized carbons (Fsp3) is 0.929. The van der Waals surface area contributed by atoms with Crippen LogP contribution in [-0.4, -0.2) is 37.0 Å². The molecule has 0 spiro atoms. The summed E-state index contributed by atoms with van der Waals surface area (Å²) in [6.07, 6.45) is 8.64. The van der Waals surface area contributed by atoms with Gasteiger partial charge in [-0.3, -0.25) is 4.79 Å². The second kappa shape index (κ2) is 6.27. The maximum atomic E-state index is 11.5. The Hall–Kier alpha value is -0.545. The highest BCUT2D eigenvalue weighted by molar-refractivity contribution is 6.08. The Morgan fingerprint density at radius 2 is 2.21 bits per heavy atom. The number of carboxylic acids is 1. The van der Waals surface area contributed by atoms with Gasteiger partial charge in [0.15, 0.2) is 0 Å². The van der Waals surface area contributed by atoms with E-state index in [9.17, 15) is 9.90 Å². The van der Waals surface area contributed by atoms with Crippen molar-refractivity contribution in [3.8, 4) is 0 Å². The van der Waals surface area contributed by atoms with E-state index in [1.807, 2.05) is 0 Å². The molecule has 5 heteroatoms. The van der Waals surface area contributed by atoms with Crippen molar-refractivity contribution in [2.24, 2.45) is 17.6 Å². The third-order valence-electron chi connectivity index (χ3n) is 5.08. The zero-order valence-corrected chi connectivity index (χ0v) is 12.0. The molecule has 0 radical (unpaired) electrons. The first-order valence-corrected chi connectivity index (χ1v) is 7.82. The maximum absolute atomic E-state index is 11.5. The minimum Gasteiger partial charge on any atom is -0.480 e. The molecule has 2 aliphatic carbocycles. The summed E-state index contributed by atoms with van der Waals surface area (Å²) >= 11 is 0. The highest BCUT2D eigenvalue weighted by atomic mass is 16.4. The molecule has 0 unspecified atom stereocenters. The van der Waals surface area contributed by atoms with Crippen molar-refractivity contribution in [1.82, 2.24) is 5.32 Å². The number of hydrogen-bond donors (Lipinski definition) is 3. The lowest BCUT2D eigenvalue weighted by Crippen LogP contribution is -2.51. The summed E-state index contributed by atoms with van der Waals surface area (Å²) in [6, 6.07) is 0.673. The van der Waals surface area contributed by atoms with Crippen LogP contribution in [0.3, 0.4) is 0 Å². The van der Waals surface area contributed by atoms with E-state index >= 15 is 0 Å². The van der Waals surface area contributed by atoms with Crippen molar-refractivity contribution in [2.45, 2.75) is 62.8 Å². The van der Waals surface area contributed by atoms with Crippen molar-refractivity contribution in [3.63, 3.8) is 0 Å². The Labute approximate surface area is 116 Å². The van der Waals surface area contributed by atoms with Gasteiger partial charge in [0.1, 0.15) is 13.4 Å². The summed E-state index contributed by atoms with van der Waals surface area (Å²) in [6.45, 7) is 0.944. The molecule has 108 valence electrons. The molecule has 2 fully saturated rings. The molecule has 0 heterocycles. The summed E-state index contributed by atoms with van der Waals surface area (Å²) in [7, 11) is 2.14. The average molecular weight is 266 g/mol. The number of aliphatic carboxylic acids is 1. The lowest BCUT2D eigenvalue weighted by molar-refractivity contribution is -0.145. The highest BCUT2D eigenvalue weighted by Crippen LogP contribution is 2.41. The van der Waals surface area contributed by atoms with E-state index in [0.717, 1.165) is 32.1 Å². The average Bonchev–Trinajstić information content (AvgIpc) is 2.63. The normalized spacial score (nSPS) is 35.2. The largest absolute Gasteiger partial charge is 0.480 e. The van der Waals surface area contributed by atoms with Gasteiger partial charge in [0.25, 0.3) is 0 Å². The van der Waals surface area contributed by atoms with Crippen molar-refractivity contribution >= 4 is 13.8 Å². The van der Waals surface area contributed by atoms with Crippen LogP contribution in [0.25, 0.3) is 0 Å². The summed E-state index contributed by atoms with van der Waals surface area (Å²) in [4.78, 5) is 11.5. The van der Waals surface area contributed by atoms with Gasteiger partial charge in [-0.05, 0) is 50.5 Å². The van der Waals surface area contributed by atoms with Crippen molar-refractivity contribution in [3.05, 3.63) is 0 Å². The van der Waals surface area contributed by atoms with E-state index < -0.39 is 11.5 Å². The van der Waals surface area contributed by atoms with Crippen molar-refractivity contribution < 1.29 is 9.90 Å². The van der Waals surface area contributed by atoms with Gasteiger partial charge in [0.05, 0.1) is 0 Å². The molecular formula is C14H27BN2O2. The lowest BCUT2D eigenvalue weighted by Gasteiger charge is -2.28. The molecule has 4 N–H and O–H groups in total. The molecule has 2 saturated carbocycles. The maximum Gasteiger partial charge on any atom is 0.323 e. The van der Waals surface area contributed by atoms with Crippen LogP contribution >= 0.6 is 0 Å².